The number of halogens is 3. The molecule has 138 valence electrons. The monoisotopic (exact) mass is 376 g/mol. The van der Waals surface area contributed by atoms with Gasteiger partial charge < -0.3 is 0 Å². The number of nitrogens with zero attached hydrogens (tertiary/aromatic N) is 4. The zero-order valence-corrected chi connectivity index (χ0v) is 15.1. The summed E-state index contributed by atoms with van der Waals surface area (Å²) < 4.78 is 63.5. The minimum atomic E-state index is -4.53. The molecular weight excluding hydrogens is 357 g/mol. The molecule has 0 N–H and O–H groups in total. The maximum Gasteiger partial charge on any atom is 0.416 e. The molecule has 0 aliphatic heterocycles. The number of sulfone groups is 1. The van der Waals surface area contributed by atoms with E-state index in [0.29, 0.717) is 0 Å². The van der Waals surface area contributed by atoms with Gasteiger partial charge in [0.25, 0.3) is 0 Å². The van der Waals surface area contributed by atoms with Gasteiger partial charge in [-0.2, -0.15) is 18.0 Å². The maximum atomic E-state index is 12.8. The van der Waals surface area contributed by atoms with E-state index >= 15 is 0 Å². The summed E-state index contributed by atoms with van der Waals surface area (Å²) in [6, 6.07) is 4.30. The largest absolute Gasteiger partial charge is 0.416 e. The van der Waals surface area contributed by atoms with Crippen molar-refractivity contribution in [3.63, 3.8) is 0 Å². The molecule has 0 radical (unpaired) electrons. The Morgan fingerprint density at radius 2 is 1.84 bits per heavy atom. The molecule has 1 unspecified atom stereocenters. The van der Waals surface area contributed by atoms with Crippen molar-refractivity contribution >= 4 is 9.84 Å². The summed E-state index contributed by atoms with van der Waals surface area (Å²) in [5, 5.41) is 10.4. The number of rotatable bonds is 4. The van der Waals surface area contributed by atoms with Crippen LogP contribution in [0, 0.1) is 0 Å². The van der Waals surface area contributed by atoms with Crippen LogP contribution in [0.3, 0.4) is 0 Å². The van der Waals surface area contributed by atoms with Gasteiger partial charge in [-0.05, 0) is 44.5 Å². The van der Waals surface area contributed by atoms with E-state index in [-0.39, 0.29) is 11.4 Å². The lowest BCUT2D eigenvalue weighted by atomic mass is 10.1. The molecule has 2 aromatic rings. The number of tetrazole rings is 1. The molecule has 0 spiro atoms. The van der Waals surface area contributed by atoms with Crippen LogP contribution in [-0.2, 0) is 27.3 Å². The van der Waals surface area contributed by atoms with Crippen molar-refractivity contribution in [3.8, 4) is 0 Å². The predicted octanol–water partition coefficient (Wildman–Crippen LogP) is 3.12. The molecule has 6 nitrogen and oxygen atoms in total. The van der Waals surface area contributed by atoms with Gasteiger partial charge >= 0.3 is 6.18 Å². The molecule has 2 rings (SSSR count). The highest BCUT2D eigenvalue weighted by molar-refractivity contribution is 7.90. The standard InChI is InChI=1S/C15H19F3N4O2S/c1-10(11-6-5-7-12(8-11)15(16,17)18)25(23,24)9-13-19-21-22(20-13)14(2,3)4/h5-8,10H,9H2,1-4H3. The Kier molecular flexibility index (Phi) is 4.95. The van der Waals surface area contributed by atoms with Crippen molar-refractivity contribution in [1.29, 1.82) is 0 Å². The summed E-state index contributed by atoms with van der Waals surface area (Å²) in [6.45, 7) is 6.84. The Hall–Kier alpha value is -1.97. The number of benzene rings is 1. The summed E-state index contributed by atoms with van der Waals surface area (Å²) in [5.74, 6) is -0.491. The lowest BCUT2D eigenvalue weighted by Crippen LogP contribution is -2.25. The normalized spacial score (nSPS) is 14.5. The van der Waals surface area contributed by atoms with Gasteiger partial charge in [0.05, 0.1) is 16.4 Å². The Morgan fingerprint density at radius 3 is 2.36 bits per heavy atom. The third kappa shape index (κ3) is 4.56. The molecule has 0 fully saturated rings. The molecule has 0 saturated carbocycles. The number of hydrogen-bond donors (Lipinski definition) is 0. The number of hydrogen-bond acceptors (Lipinski definition) is 5. The molecule has 0 saturated heterocycles. The Balaban J connectivity index is 2.26. The van der Waals surface area contributed by atoms with Gasteiger partial charge in [-0.3, -0.25) is 0 Å². The van der Waals surface area contributed by atoms with Crippen molar-refractivity contribution in [2.75, 3.05) is 0 Å². The fourth-order valence-electron chi connectivity index (χ4n) is 2.07. The fraction of sp³-hybridized carbons (Fsp3) is 0.533. The first-order chi connectivity index (χ1) is 11.3. The molecular formula is C15H19F3N4O2S. The second kappa shape index (κ2) is 6.40. The highest BCUT2D eigenvalue weighted by Gasteiger charge is 2.32. The first kappa shape index (κ1) is 19.4. The van der Waals surface area contributed by atoms with E-state index < -0.39 is 38.1 Å². The number of aromatic nitrogens is 4. The zero-order chi connectivity index (χ0) is 19.0. The first-order valence-electron chi connectivity index (χ1n) is 7.49. The Bertz CT molecular complexity index is 854. The third-order valence-corrected chi connectivity index (χ3v) is 5.62. The minimum absolute atomic E-state index is 0.00810. The molecule has 25 heavy (non-hydrogen) atoms. The molecule has 1 atom stereocenters. The van der Waals surface area contributed by atoms with Crippen LogP contribution in [0.2, 0.25) is 0 Å². The van der Waals surface area contributed by atoms with Gasteiger partial charge in [-0.15, -0.1) is 10.2 Å². The molecule has 0 amide bonds. The van der Waals surface area contributed by atoms with Gasteiger partial charge in [-0.1, -0.05) is 18.2 Å². The smallest absolute Gasteiger partial charge is 0.228 e. The second-order valence-corrected chi connectivity index (χ2v) is 9.06. The maximum absolute atomic E-state index is 12.8. The van der Waals surface area contributed by atoms with E-state index in [9.17, 15) is 21.6 Å². The lowest BCUT2D eigenvalue weighted by Gasteiger charge is -2.16. The summed E-state index contributed by atoms with van der Waals surface area (Å²) >= 11 is 0. The highest BCUT2D eigenvalue weighted by Crippen LogP contribution is 2.32. The Morgan fingerprint density at radius 1 is 1.20 bits per heavy atom. The van der Waals surface area contributed by atoms with Crippen LogP contribution < -0.4 is 0 Å². The Labute approximate surface area is 144 Å². The van der Waals surface area contributed by atoms with Crippen molar-refractivity contribution in [2.45, 2.75) is 50.4 Å². The van der Waals surface area contributed by atoms with Crippen molar-refractivity contribution in [1.82, 2.24) is 20.2 Å². The quantitative estimate of drug-likeness (QED) is 0.819. The van der Waals surface area contributed by atoms with E-state index in [2.05, 4.69) is 15.4 Å². The average molecular weight is 376 g/mol. The highest BCUT2D eigenvalue weighted by atomic mass is 32.2. The second-order valence-electron chi connectivity index (χ2n) is 6.74. The van der Waals surface area contributed by atoms with Crippen LogP contribution in [0.5, 0.6) is 0 Å². The van der Waals surface area contributed by atoms with Crippen molar-refractivity contribution in [2.24, 2.45) is 0 Å². The van der Waals surface area contributed by atoms with Crippen LogP contribution in [-0.4, -0.2) is 28.6 Å². The van der Waals surface area contributed by atoms with Crippen LogP contribution >= 0.6 is 0 Å². The van der Waals surface area contributed by atoms with Crippen LogP contribution in [0.1, 0.15) is 49.9 Å². The SMILES string of the molecule is CC(c1cccc(C(F)(F)F)c1)S(=O)(=O)Cc1nnn(C(C)(C)C)n1. The molecule has 0 aliphatic carbocycles. The first-order valence-corrected chi connectivity index (χ1v) is 9.20. The molecule has 0 aliphatic rings. The molecule has 1 aromatic carbocycles. The minimum Gasteiger partial charge on any atom is -0.228 e. The lowest BCUT2D eigenvalue weighted by molar-refractivity contribution is -0.137. The summed E-state index contributed by atoms with van der Waals surface area (Å²) in [6.07, 6.45) is -4.53. The summed E-state index contributed by atoms with van der Waals surface area (Å²) in [7, 11) is -3.81. The fourth-order valence-corrected chi connectivity index (χ4v) is 3.35. The van der Waals surface area contributed by atoms with E-state index in [1.807, 2.05) is 20.8 Å². The van der Waals surface area contributed by atoms with Gasteiger partial charge in [0.1, 0.15) is 5.75 Å². The molecule has 0 bridgehead atoms. The van der Waals surface area contributed by atoms with E-state index in [4.69, 9.17) is 0 Å². The van der Waals surface area contributed by atoms with Crippen LogP contribution in [0.15, 0.2) is 24.3 Å². The molecule has 1 aromatic heterocycles. The van der Waals surface area contributed by atoms with Crippen molar-refractivity contribution in [3.05, 3.63) is 41.2 Å². The van der Waals surface area contributed by atoms with E-state index in [0.717, 1.165) is 12.1 Å². The van der Waals surface area contributed by atoms with Gasteiger partial charge in [0, 0.05) is 0 Å². The van der Waals surface area contributed by atoms with Gasteiger partial charge in [-0.25, -0.2) is 8.42 Å². The van der Waals surface area contributed by atoms with Crippen molar-refractivity contribution < 1.29 is 21.6 Å². The molecule has 10 heteroatoms. The van der Waals surface area contributed by atoms with E-state index in [1.54, 1.807) is 0 Å². The zero-order valence-electron chi connectivity index (χ0n) is 14.2. The predicted molar refractivity (Wildman–Crippen MR) is 85.3 cm³/mol. The van der Waals surface area contributed by atoms with Crippen LogP contribution in [0.4, 0.5) is 13.2 Å². The summed E-state index contributed by atoms with van der Waals surface area (Å²) in [5.41, 5.74) is -1.27. The third-order valence-electron chi connectivity index (χ3n) is 3.61. The van der Waals surface area contributed by atoms with Gasteiger partial charge in [0.15, 0.2) is 15.7 Å². The molecule has 1 heterocycles. The van der Waals surface area contributed by atoms with Crippen LogP contribution in [0.25, 0.3) is 0 Å². The number of alkyl halides is 3. The topological polar surface area (TPSA) is 77.7 Å². The summed E-state index contributed by atoms with van der Waals surface area (Å²) in [4.78, 5) is 1.30. The van der Waals surface area contributed by atoms with Gasteiger partial charge in [0.2, 0.25) is 0 Å². The van der Waals surface area contributed by atoms with E-state index in [1.165, 1.54) is 23.9 Å². The average Bonchev–Trinajstić information content (AvgIpc) is 2.93.